The van der Waals surface area contributed by atoms with Crippen molar-refractivity contribution in [3.63, 3.8) is 0 Å². The van der Waals surface area contributed by atoms with Crippen molar-refractivity contribution >= 4 is 5.78 Å². The number of aryl methyl sites for hydroxylation is 1. The highest BCUT2D eigenvalue weighted by Gasteiger charge is 2.24. The molecule has 1 atom stereocenters. The van der Waals surface area contributed by atoms with E-state index in [-0.39, 0.29) is 11.9 Å². The number of carbonyl (C=O) groups is 1. The molecule has 1 unspecified atom stereocenters. The molecular weight excluding hydrogens is 206 g/mol. The maximum Gasteiger partial charge on any atom is 0.169 e. The molecule has 0 aliphatic carbocycles. The Kier molecular flexibility index (Phi) is 3.66. The van der Waals surface area contributed by atoms with E-state index in [0.29, 0.717) is 13.0 Å². The van der Waals surface area contributed by atoms with Gasteiger partial charge in [0.05, 0.1) is 6.42 Å². The molecule has 1 aromatic rings. The van der Waals surface area contributed by atoms with Crippen LogP contribution < -0.4 is 0 Å². The van der Waals surface area contributed by atoms with Crippen molar-refractivity contribution in [1.82, 2.24) is 14.8 Å². The van der Waals surface area contributed by atoms with Gasteiger partial charge in [-0.15, -0.1) is 0 Å². The molecule has 1 aliphatic heterocycles. The van der Waals surface area contributed by atoms with Crippen LogP contribution in [-0.4, -0.2) is 33.3 Å². The molecule has 2 rings (SSSR count). The van der Waals surface area contributed by atoms with Gasteiger partial charge in [-0.25, -0.2) is 9.67 Å². The van der Waals surface area contributed by atoms with E-state index in [4.69, 9.17) is 4.74 Å². The number of carbonyl (C=O) groups excluding carboxylic acids is 1. The van der Waals surface area contributed by atoms with E-state index in [0.717, 1.165) is 31.6 Å². The summed E-state index contributed by atoms with van der Waals surface area (Å²) in [5.41, 5.74) is 0. The number of rotatable bonds is 5. The molecule has 1 fully saturated rings. The fourth-order valence-electron chi connectivity index (χ4n) is 1.92. The van der Waals surface area contributed by atoms with Gasteiger partial charge in [0, 0.05) is 13.2 Å². The second-order valence-electron chi connectivity index (χ2n) is 4.04. The van der Waals surface area contributed by atoms with E-state index >= 15 is 0 Å². The van der Waals surface area contributed by atoms with E-state index in [1.54, 1.807) is 4.68 Å². The average molecular weight is 223 g/mol. The summed E-state index contributed by atoms with van der Waals surface area (Å²) in [6.45, 7) is 3.60. The van der Waals surface area contributed by atoms with Crippen LogP contribution in [0.25, 0.3) is 0 Å². The molecule has 0 saturated carbocycles. The Hall–Kier alpha value is -1.23. The summed E-state index contributed by atoms with van der Waals surface area (Å²) in [5, 5.41) is 4.10. The molecule has 2 heterocycles. The van der Waals surface area contributed by atoms with Crippen LogP contribution >= 0.6 is 0 Å². The lowest BCUT2D eigenvalue weighted by atomic mass is 10.1. The van der Waals surface area contributed by atoms with E-state index < -0.39 is 0 Å². The zero-order chi connectivity index (χ0) is 11.4. The van der Waals surface area contributed by atoms with Crippen molar-refractivity contribution in [2.45, 2.75) is 45.3 Å². The van der Waals surface area contributed by atoms with Crippen molar-refractivity contribution in [3.8, 4) is 0 Å². The van der Waals surface area contributed by atoms with Gasteiger partial charge in [0.15, 0.2) is 5.78 Å². The summed E-state index contributed by atoms with van der Waals surface area (Å²) < 4.78 is 7.15. The molecule has 5 nitrogen and oxygen atoms in total. The van der Waals surface area contributed by atoms with Crippen molar-refractivity contribution in [1.29, 1.82) is 0 Å². The van der Waals surface area contributed by atoms with Crippen LogP contribution in [0.1, 0.15) is 32.0 Å². The summed E-state index contributed by atoms with van der Waals surface area (Å²) in [6, 6.07) is 0. The third kappa shape index (κ3) is 2.47. The lowest BCUT2D eigenvalue weighted by molar-refractivity contribution is -0.127. The van der Waals surface area contributed by atoms with Gasteiger partial charge < -0.3 is 4.74 Å². The topological polar surface area (TPSA) is 57.0 Å². The number of ketones is 1. The quantitative estimate of drug-likeness (QED) is 0.746. The van der Waals surface area contributed by atoms with Gasteiger partial charge >= 0.3 is 0 Å². The maximum atomic E-state index is 11.9. The number of hydrogen-bond donors (Lipinski definition) is 0. The normalized spacial score (nSPS) is 20.2. The van der Waals surface area contributed by atoms with Gasteiger partial charge in [0.25, 0.3) is 0 Å². The fraction of sp³-hybridized carbons (Fsp3) is 0.727. The highest BCUT2D eigenvalue weighted by molar-refractivity contribution is 5.84. The van der Waals surface area contributed by atoms with E-state index in [1.807, 2.05) is 0 Å². The molecule has 1 aliphatic rings. The predicted octanol–water partition coefficient (Wildman–Crippen LogP) is 0.979. The molecule has 0 aromatic carbocycles. The molecule has 0 spiro atoms. The Bertz CT molecular complexity index is 356. The van der Waals surface area contributed by atoms with Crippen molar-refractivity contribution in [2.75, 3.05) is 6.61 Å². The molecule has 0 N–H and O–H groups in total. The zero-order valence-corrected chi connectivity index (χ0v) is 9.56. The van der Waals surface area contributed by atoms with Crippen LogP contribution in [0.3, 0.4) is 0 Å². The Morgan fingerprint density at radius 1 is 1.69 bits per heavy atom. The second-order valence-corrected chi connectivity index (χ2v) is 4.04. The molecule has 1 saturated heterocycles. The van der Waals surface area contributed by atoms with Gasteiger partial charge in [0.1, 0.15) is 18.3 Å². The summed E-state index contributed by atoms with van der Waals surface area (Å²) in [7, 11) is 0. The number of nitrogens with zero attached hydrogens (tertiary/aromatic N) is 3. The Labute approximate surface area is 94.8 Å². The average Bonchev–Trinajstić information content (AvgIpc) is 2.90. The minimum atomic E-state index is -0.216. The predicted molar refractivity (Wildman–Crippen MR) is 58.0 cm³/mol. The summed E-state index contributed by atoms with van der Waals surface area (Å²) in [5.74, 6) is 0.880. The molecule has 5 heteroatoms. The highest BCUT2D eigenvalue weighted by Crippen LogP contribution is 2.14. The maximum absolute atomic E-state index is 11.9. The Morgan fingerprint density at radius 2 is 2.56 bits per heavy atom. The van der Waals surface area contributed by atoms with Crippen LogP contribution in [-0.2, 0) is 22.5 Å². The van der Waals surface area contributed by atoms with Gasteiger partial charge in [0.2, 0.25) is 0 Å². The minimum absolute atomic E-state index is 0.128. The number of hydrogen-bond acceptors (Lipinski definition) is 4. The van der Waals surface area contributed by atoms with E-state index in [2.05, 4.69) is 17.0 Å². The molecule has 0 bridgehead atoms. The van der Waals surface area contributed by atoms with Gasteiger partial charge in [-0.2, -0.15) is 5.10 Å². The molecule has 0 amide bonds. The standard InChI is InChI=1S/C11H17N3O2/c1-2-5-14-11(12-8-13-14)7-9(15)10-4-3-6-16-10/h8,10H,2-7H2,1H3. The second kappa shape index (κ2) is 5.21. The van der Waals surface area contributed by atoms with Crippen molar-refractivity contribution < 1.29 is 9.53 Å². The summed E-state index contributed by atoms with van der Waals surface area (Å²) in [6.07, 6.45) is 4.45. The van der Waals surface area contributed by atoms with Crippen LogP contribution in [0, 0.1) is 0 Å². The van der Waals surface area contributed by atoms with E-state index in [9.17, 15) is 4.79 Å². The van der Waals surface area contributed by atoms with Crippen LogP contribution in [0.15, 0.2) is 6.33 Å². The third-order valence-corrected chi connectivity index (χ3v) is 2.75. The first-order chi connectivity index (χ1) is 7.81. The monoisotopic (exact) mass is 223 g/mol. The van der Waals surface area contributed by atoms with Crippen LogP contribution in [0.5, 0.6) is 0 Å². The highest BCUT2D eigenvalue weighted by atomic mass is 16.5. The number of ether oxygens (including phenoxy) is 1. The molecule has 16 heavy (non-hydrogen) atoms. The van der Waals surface area contributed by atoms with Crippen LogP contribution in [0.4, 0.5) is 0 Å². The lowest BCUT2D eigenvalue weighted by Crippen LogP contribution is -2.23. The van der Waals surface area contributed by atoms with Crippen molar-refractivity contribution in [2.24, 2.45) is 0 Å². The Morgan fingerprint density at radius 3 is 3.25 bits per heavy atom. The molecule has 88 valence electrons. The van der Waals surface area contributed by atoms with Gasteiger partial charge in [-0.3, -0.25) is 4.79 Å². The largest absolute Gasteiger partial charge is 0.370 e. The van der Waals surface area contributed by atoms with Crippen molar-refractivity contribution in [3.05, 3.63) is 12.2 Å². The zero-order valence-electron chi connectivity index (χ0n) is 9.56. The first kappa shape index (κ1) is 11.3. The fourth-order valence-corrected chi connectivity index (χ4v) is 1.92. The summed E-state index contributed by atoms with van der Waals surface area (Å²) in [4.78, 5) is 16.0. The number of Topliss-reactive ketones (excluding diaryl/α,β-unsaturated/α-hetero) is 1. The van der Waals surface area contributed by atoms with Crippen LogP contribution in [0.2, 0.25) is 0 Å². The Balaban J connectivity index is 1.96. The molecule has 1 aromatic heterocycles. The number of aromatic nitrogens is 3. The van der Waals surface area contributed by atoms with Gasteiger partial charge in [-0.05, 0) is 19.3 Å². The smallest absolute Gasteiger partial charge is 0.169 e. The molecular formula is C11H17N3O2. The first-order valence-corrected chi connectivity index (χ1v) is 5.82. The van der Waals surface area contributed by atoms with E-state index in [1.165, 1.54) is 6.33 Å². The first-order valence-electron chi connectivity index (χ1n) is 5.82. The third-order valence-electron chi connectivity index (χ3n) is 2.75. The lowest BCUT2D eigenvalue weighted by Gasteiger charge is -2.08. The summed E-state index contributed by atoms with van der Waals surface area (Å²) >= 11 is 0. The minimum Gasteiger partial charge on any atom is -0.370 e. The van der Waals surface area contributed by atoms with Gasteiger partial charge in [-0.1, -0.05) is 6.92 Å². The SMILES string of the molecule is CCCn1ncnc1CC(=O)C1CCCO1. The molecule has 0 radical (unpaired) electrons.